The normalized spacial score (nSPS) is 19.5. The van der Waals surface area contributed by atoms with E-state index in [9.17, 15) is 8.42 Å². The van der Waals surface area contributed by atoms with Crippen molar-refractivity contribution in [1.82, 2.24) is 9.62 Å². The lowest BCUT2D eigenvalue weighted by atomic mass is 10.1. The summed E-state index contributed by atoms with van der Waals surface area (Å²) in [6.07, 6.45) is 4.42. The van der Waals surface area contributed by atoms with Crippen LogP contribution >= 0.6 is 0 Å². The maximum Gasteiger partial charge on any atom is 0.211 e. The Morgan fingerprint density at radius 2 is 2.06 bits per heavy atom. The van der Waals surface area contributed by atoms with E-state index in [-0.39, 0.29) is 0 Å². The summed E-state index contributed by atoms with van der Waals surface area (Å²) in [5.41, 5.74) is 0. The minimum Gasteiger partial charge on any atom is -0.314 e. The summed E-state index contributed by atoms with van der Waals surface area (Å²) in [4.78, 5) is 0. The van der Waals surface area contributed by atoms with Gasteiger partial charge in [0, 0.05) is 25.6 Å². The number of nitriles is 1. The molecule has 0 radical (unpaired) electrons. The minimum atomic E-state index is -3.02. The van der Waals surface area contributed by atoms with Crippen LogP contribution in [0.4, 0.5) is 0 Å². The zero-order chi connectivity index (χ0) is 12.0. The molecule has 0 amide bonds. The topological polar surface area (TPSA) is 73.2 Å². The van der Waals surface area contributed by atoms with E-state index in [1.165, 1.54) is 10.6 Å². The molecule has 5 nitrogen and oxygen atoms in total. The summed E-state index contributed by atoms with van der Waals surface area (Å²) in [5.74, 6) is 0. The van der Waals surface area contributed by atoms with Gasteiger partial charge in [0.2, 0.25) is 10.0 Å². The Hall–Kier alpha value is -0.640. The molecule has 0 aromatic heterocycles. The molecule has 1 fully saturated rings. The molecule has 1 N–H and O–H groups in total. The van der Waals surface area contributed by atoms with E-state index in [2.05, 4.69) is 11.4 Å². The molecule has 0 saturated carbocycles. The van der Waals surface area contributed by atoms with Crippen LogP contribution in [0.25, 0.3) is 0 Å². The predicted molar refractivity (Wildman–Crippen MR) is 62.3 cm³/mol. The smallest absolute Gasteiger partial charge is 0.211 e. The SMILES string of the molecule is CS(=O)(=O)N1CCC(NCCCC#N)CC1. The van der Waals surface area contributed by atoms with Crippen molar-refractivity contribution >= 4 is 10.0 Å². The molecule has 92 valence electrons. The first-order chi connectivity index (χ1) is 7.54. The van der Waals surface area contributed by atoms with Gasteiger partial charge in [0.15, 0.2) is 0 Å². The second-order valence-electron chi connectivity index (χ2n) is 4.15. The van der Waals surface area contributed by atoms with Gasteiger partial charge in [0.05, 0.1) is 12.3 Å². The van der Waals surface area contributed by atoms with E-state index in [1.54, 1.807) is 0 Å². The first-order valence-corrected chi connectivity index (χ1v) is 7.44. The fraction of sp³-hybridized carbons (Fsp3) is 0.900. The largest absolute Gasteiger partial charge is 0.314 e. The Bertz CT molecular complexity index is 340. The first kappa shape index (κ1) is 13.4. The molecule has 0 unspecified atom stereocenters. The fourth-order valence-corrected chi connectivity index (χ4v) is 2.74. The molecule has 16 heavy (non-hydrogen) atoms. The van der Waals surface area contributed by atoms with Crippen molar-refractivity contribution in [2.45, 2.75) is 31.7 Å². The number of hydrogen-bond acceptors (Lipinski definition) is 4. The summed E-state index contributed by atoms with van der Waals surface area (Å²) in [7, 11) is -3.02. The van der Waals surface area contributed by atoms with Crippen molar-refractivity contribution in [2.24, 2.45) is 0 Å². The molecule has 0 aromatic carbocycles. The highest BCUT2D eigenvalue weighted by Gasteiger charge is 2.24. The van der Waals surface area contributed by atoms with Crippen LogP contribution < -0.4 is 5.32 Å². The third-order valence-corrected chi connectivity index (χ3v) is 4.12. The van der Waals surface area contributed by atoms with Crippen LogP contribution in [0.1, 0.15) is 25.7 Å². The number of piperidine rings is 1. The Morgan fingerprint density at radius 1 is 1.44 bits per heavy atom. The van der Waals surface area contributed by atoms with Gasteiger partial charge in [-0.3, -0.25) is 0 Å². The van der Waals surface area contributed by atoms with E-state index in [1.807, 2.05) is 0 Å². The first-order valence-electron chi connectivity index (χ1n) is 5.59. The number of hydrogen-bond donors (Lipinski definition) is 1. The van der Waals surface area contributed by atoms with Crippen LogP contribution in [-0.4, -0.2) is 44.7 Å². The minimum absolute atomic E-state index is 0.400. The van der Waals surface area contributed by atoms with Gasteiger partial charge in [-0.05, 0) is 25.8 Å². The van der Waals surface area contributed by atoms with Crippen molar-refractivity contribution in [2.75, 3.05) is 25.9 Å². The van der Waals surface area contributed by atoms with Gasteiger partial charge in [-0.15, -0.1) is 0 Å². The van der Waals surface area contributed by atoms with E-state index < -0.39 is 10.0 Å². The van der Waals surface area contributed by atoms with Gasteiger partial charge in [-0.25, -0.2) is 12.7 Å². The lowest BCUT2D eigenvalue weighted by Gasteiger charge is -2.30. The summed E-state index contributed by atoms with van der Waals surface area (Å²) < 4.78 is 24.1. The van der Waals surface area contributed by atoms with Crippen molar-refractivity contribution in [3.63, 3.8) is 0 Å². The van der Waals surface area contributed by atoms with E-state index in [0.717, 1.165) is 25.8 Å². The highest BCUT2D eigenvalue weighted by Crippen LogP contribution is 2.12. The number of nitrogens with zero attached hydrogens (tertiary/aromatic N) is 2. The molecule has 0 aliphatic carbocycles. The molecule has 1 rings (SSSR count). The molecule has 6 heteroatoms. The summed E-state index contributed by atoms with van der Waals surface area (Å²) >= 11 is 0. The molecule has 0 spiro atoms. The molecule has 1 heterocycles. The zero-order valence-corrected chi connectivity index (χ0v) is 10.5. The standard InChI is InChI=1S/C10H19N3O2S/c1-16(14,15)13-8-4-10(5-9-13)12-7-3-2-6-11/h10,12H,2-5,7-9H2,1H3. The highest BCUT2D eigenvalue weighted by atomic mass is 32.2. The molecule has 1 saturated heterocycles. The molecular formula is C10H19N3O2S. The van der Waals surface area contributed by atoms with Crippen molar-refractivity contribution in [3.8, 4) is 6.07 Å². The maximum absolute atomic E-state index is 11.3. The predicted octanol–water partition coefficient (Wildman–Crippen LogP) is 0.304. The Kier molecular flexibility index (Phi) is 5.19. The quantitative estimate of drug-likeness (QED) is 0.707. The highest BCUT2D eigenvalue weighted by molar-refractivity contribution is 7.88. The van der Waals surface area contributed by atoms with E-state index >= 15 is 0 Å². The van der Waals surface area contributed by atoms with Crippen LogP contribution in [0.3, 0.4) is 0 Å². The second kappa shape index (κ2) is 6.18. The van der Waals surface area contributed by atoms with Gasteiger partial charge in [-0.1, -0.05) is 0 Å². The Balaban J connectivity index is 2.20. The third-order valence-electron chi connectivity index (χ3n) is 2.82. The van der Waals surface area contributed by atoms with Crippen LogP contribution in [0.15, 0.2) is 0 Å². The average Bonchev–Trinajstić information content (AvgIpc) is 2.24. The summed E-state index contributed by atoms with van der Waals surface area (Å²) in [6.45, 7) is 2.06. The third kappa shape index (κ3) is 4.47. The molecular weight excluding hydrogens is 226 g/mol. The van der Waals surface area contributed by atoms with E-state index in [0.29, 0.717) is 25.6 Å². The number of unbranched alkanes of at least 4 members (excludes halogenated alkanes) is 1. The molecule has 1 aliphatic rings. The van der Waals surface area contributed by atoms with E-state index in [4.69, 9.17) is 5.26 Å². The Morgan fingerprint density at radius 3 is 2.56 bits per heavy atom. The maximum atomic E-state index is 11.3. The number of sulfonamides is 1. The molecule has 0 bridgehead atoms. The lowest BCUT2D eigenvalue weighted by molar-refractivity contribution is 0.291. The van der Waals surface area contributed by atoms with Crippen LogP contribution in [0.2, 0.25) is 0 Å². The van der Waals surface area contributed by atoms with Gasteiger partial charge >= 0.3 is 0 Å². The van der Waals surface area contributed by atoms with Gasteiger partial charge in [0.1, 0.15) is 0 Å². The van der Waals surface area contributed by atoms with Crippen molar-refractivity contribution in [1.29, 1.82) is 5.26 Å². The monoisotopic (exact) mass is 245 g/mol. The lowest BCUT2D eigenvalue weighted by Crippen LogP contribution is -2.44. The van der Waals surface area contributed by atoms with Gasteiger partial charge in [0.25, 0.3) is 0 Å². The summed E-state index contributed by atoms with van der Waals surface area (Å²) in [6, 6.07) is 2.50. The molecule has 0 aromatic rings. The fourth-order valence-electron chi connectivity index (χ4n) is 1.87. The van der Waals surface area contributed by atoms with Crippen molar-refractivity contribution in [3.05, 3.63) is 0 Å². The van der Waals surface area contributed by atoms with Crippen molar-refractivity contribution < 1.29 is 8.42 Å². The molecule has 1 aliphatic heterocycles. The Labute approximate surface area is 97.5 Å². The molecule has 0 atom stereocenters. The second-order valence-corrected chi connectivity index (χ2v) is 6.13. The summed E-state index contributed by atoms with van der Waals surface area (Å²) in [5, 5.41) is 11.7. The zero-order valence-electron chi connectivity index (χ0n) is 9.65. The number of nitrogens with one attached hydrogen (secondary N) is 1. The van der Waals surface area contributed by atoms with Crippen LogP contribution in [0.5, 0.6) is 0 Å². The van der Waals surface area contributed by atoms with Gasteiger partial charge in [-0.2, -0.15) is 5.26 Å². The van der Waals surface area contributed by atoms with Crippen LogP contribution in [-0.2, 0) is 10.0 Å². The number of rotatable bonds is 5. The van der Waals surface area contributed by atoms with Crippen LogP contribution in [0, 0.1) is 11.3 Å². The van der Waals surface area contributed by atoms with Gasteiger partial charge < -0.3 is 5.32 Å². The average molecular weight is 245 g/mol.